The summed E-state index contributed by atoms with van der Waals surface area (Å²) in [5, 5.41) is 0. The number of hydrogen-bond acceptors (Lipinski definition) is 3. The Morgan fingerprint density at radius 3 is 2.43 bits per heavy atom. The molecule has 0 fully saturated rings. The molecule has 0 aliphatic carbocycles. The molecule has 0 aliphatic rings. The van der Waals surface area contributed by atoms with Crippen molar-refractivity contribution in [2.24, 2.45) is 0 Å². The average Bonchev–Trinajstić information content (AvgIpc) is 2.44. The lowest BCUT2D eigenvalue weighted by atomic mass is 10.1. The van der Waals surface area contributed by atoms with Gasteiger partial charge in [0, 0.05) is 16.7 Å². The molecular formula is C15H17BrN2O2S. The monoisotopic (exact) mass is 368 g/mol. The Balaban J connectivity index is 2.01. The van der Waals surface area contributed by atoms with Gasteiger partial charge in [-0.15, -0.1) is 0 Å². The number of halogens is 1. The molecule has 21 heavy (non-hydrogen) atoms. The molecule has 0 heterocycles. The second-order valence-electron chi connectivity index (χ2n) is 4.80. The molecule has 112 valence electrons. The van der Waals surface area contributed by atoms with Crippen molar-refractivity contribution < 1.29 is 8.42 Å². The van der Waals surface area contributed by atoms with E-state index in [2.05, 4.69) is 20.7 Å². The van der Waals surface area contributed by atoms with E-state index in [0.29, 0.717) is 18.7 Å². The van der Waals surface area contributed by atoms with Gasteiger partial charge in [0.1, 0.15) is 0 Å². The summed E-state index contributed by atoms with van der Waals surface area (Å²) >= 11 is 3.36. The third-order valence-electron chi connectivity index (χ3n) is 3.13. The molecule has 0 unspecified atom stereocenters. The van der Waals surface area contributed by atoms with Crippen LogP contribution in [0.25, 0.3) is 0 Å². The van der Waals surface area contributed by atoms with E-state index in [1.165, 1.54) is 0 Å². The van der Waals surface area contributed by atoms with Crippen molar-refractivity contribution in [1.29, 1.82) is 0 Å². The van der Waals surface area contributed by atoms with E-state index < -0.39 is 10.0 Å². The first-order chi connectivity index (χ1) is 9.88. The first-order valence-corrected chi connectivity index (χ1v) is 8.76. The summed E-state index contributed by atoms with van der Waals surface area (Å²) in [6.07, 6.45) is 0.620. The first-order valence-electron chi connectivity index (χ1n) is 6.49. The SMILES string of the molecule is Cc1cc(S(=O)(=O)NCCc2ccc(N)cc2)ccc1Br. The van der Waals surface area contributed by atoms with Crippen LogP contribution in [0.5, 0.6) is 0 Å². The molecule has 0 spiro atoms. The highest BCUT2D eigenvalue weighted by Crippen LogP contribution is 2.19. The summed E-state index contributed by atoms with van der Waals surface area (Å²) < 4.78 is 27.9. The zero-order chi connectivity index (χ0) is 15.5. The fraction of sp³-hybridized carbons (Fsp3) is 0.200. The average molecular weight is 369 g/mol. The second-order valence-corrected chi connectivity index (χ2v) is 7.42. The molecule has 4 nitrogen and oxygen atoms in total. The minimum Gasteiger partial charge on any atom is -0.399 e. The zero-order valence-electron chi connectivity index (χ0n) is 11.6. The van der Waals surface area contributed by atoms with Gasteiger partial charge in [0.25, 0.3) is 0 Å². The van der Waals surface area contributed by atoms with Crippen LogP contribution in [0.2, 0.25) is 0 Å². The van der Waals surface area contributed by atoms with E-state index in [4.69, 9.17) is 5.73 Å². The van der Waals surface area contributed by atoms with Crippen molar-refractivity contribution >= 4 is 31.6 Å². The minimum atomic E-state index is -3.47. The maximum absolute atomic E-state index is 12.2. The number of rotatable bonds is 5. The van der Waals surface area contributed by atoms with Crippen molar-refractivity contribution in [2.45, 2.75) is 18.2 Å². The van der Waals surface area contributed by atoms with Crippen LogP contribution in [-0.4, -0.2) is 15.0 Å². The molecule has 2 rings (SSSR count). The van der Waals surface area contributed by atoms with Gasteiger partial charge in [-0.2, -0.15) is 0 Å². The summed E-state index contributed by atoms with van der Waals surface area (Å²) in [7, 11) is -3.47. The third-order valence-corrected chi connectivity index (χ3v) is 5.47. The molecule has 0 aromatic heterocycles. The molecule has 0 saturated heterocycles. The predicted molar refractivity (Wildman–Crippen MR) is 88.6 cm³/mol. The fourth-order valence-electron chi connectivity index (χ4n) is 1.88. The summed E-state index contributed by atoms with van der Waals surface area (Å²) in [6, 6.07) is 12.4. The molecule has 0 bridgehead atoms. The lowest BCUT2D eigenvalue weighted by molar-refractivity contribution is 0.581. The summed E-state index contributed by atoms with van der Waals surface area (Å²) in [4.78, 5) is 0.278. The van der Waals surface area contributed by atoms with Crippen molar-refractivity contribution in [3.05, 3.63) is 58.1 Å². The molecular weight excluding hydrogens is 352 g/mol. The Hall–Kier alpha value is -1.37. The Bertz CT molecular complexity index is 728. The van der Waals surface area contributed by atoms with Gasteiger partial charge in [-0.25, -0.2) is 13.1 Å². The van der Waals surface area contributed by atoms with Crippen LogP contribution in [0.15, 0.2) is 51.8 Å². The summed E-state index contributed by atoms with van der Waals surface area (Å²) in [5.41, 5.74) is 8.24. The van der Waals surface area contributed by atoms with Crippen molar-refractivity contribution in [3.8, 4) is 0 Å². The second kappa shape index (κ2) is 6.60. The van der Waals surface area contributed by atoms with E-state index in [0.717, 1.165) is 15.6 Å². The highest BCUT2D eigenvalue weighted by atomic mass is 79.9. The first kappa shape index (κ1) is 16.0. The fourth-order valence-corrected chi connectivity index (χ4v) is 3.24. The predicted octanol–water partition coefficient (Wildman–Crippen LogP) is 2.86. The van der Waals surface area contributed by atoms with Crippen molar-refractivity contribution in [1.82, 2.24) is 4.72 Å². The molecule has 0 amide bonds. The van der Waals surface area contributed by atoms with Crippen LogP contribution in [0.1, 0.15) is 11.1 Å². The zero-order valence-corrected chi connectivity index (χ0v) is 14.0. The van der Waals surface area contributed by atoms with Gasteiger partial charge in [-0.1, -0.05) is 28.1 Å². The molecule has 2 aromatic rings. The summed E-state index contributed by atoms with van der Waals surface area (Å²) in [6.45, 7) is 2.21. The molecule has 0 atom stereocenters. The maximum Gasteiger partial charge on any atom is 0.240 e. The normalized spacial score (nSPS) is 11.5. The van der Waals surface area contributed by atoms with Crippen LogP contribution < -0.4 is 10.5 Å². The van der Waals surface area contributed by atoms with Gasteiger partial charge in [0.15, 0.2) is 0 Å². The van der Waals surface area contributed by atoms with Crippen LogP contribution in [0, 0.1) is 6.92 Å². The van der Waals surface area contributed by atoms with Crippen LogP contribution >= 0.6 is 15.9 Å². The van der Waals surface area contributed by atoms with E-state index in [1.54, 1.807) is 18.2 Å². The van der Waals surface area contributed by atoms with Crippen LogP contribution in [-0.2, 0) is 16.4 Å². The highest BCUT2D eigenvalue weighted by molar-refractivity contribution is 9.10. The molecule has 0 radical (unpaired) electrons. The quantitative estimate of drug-likeness (QED) is 0.796. The minimum absolute atomic E-state index is 0.278. The third kappa shape index (κ3) is 4.30. The topological polar surface area (TPSA) is 72.2 Å². The largest absolute Gasteiger partial charge is 0.399 e. The van der Waals surface area contributed by atoms with Crippen molar-refractivity contribution in [3.63, 3.8) is 0 Å². The standard InChI is InChI=1S/C15H17BrN2O2S/c1-11-10-14(6-7-15(11)16)21(19,20)18-9-8-12-2-4-13(17)5-3-12/h2-7,10,18H,8-9,17H2,1H3. The number of anilines is 1. The van der Waals surface area contributed by atoms with Gasteiger partial charge >= 0.3 is 0 Å². The van der Waals surface area contributed by atoms with Crippen LogP contribution in [0.4, 0.5) is 5.69 Å². The molecule has 6 heteroatoms. The van der Waals surface area contributed by atoms with Gasteiger partial charge in [-0.3, -0.25) is 0 Å². The smallest absolute Gasteiger partial charge is 0.240 e. The molecule has 3 N–H and O–H groups in total. The van der Waals surface area contributed by atoms with E-state index >= 15 is 0 Å². The number of nitrogens with one attached hydrogen (secondary N) is 1. The van der Waals surface area contributed by atoms with Gasteiger partial charge in [0.2, 0.25) is 10.0 Å². The van der Waals surface area contributed by atoms with E-state index in [-0.39, 0.29) is 4.90 Å². The number of nitrogens with two attached hydrogens (primary N) is 1. The highest BCUT2D eigenvalue weighted by Gasteiger charge is 2.14. The Morgan fingerprint density at radius 2 is 1.81 bits per heavy atom. The maximum atomic E-state index is 12.2. The number of benzene rings is 2. The summed E-state index contributed by atoms with van der Waals surface area (Å²) in [5.74, 6) is 0. The molecule has 2 aromatic carbocycles. The Morgan fingerprint density at radius 1 is 1.14 bits per heavy atom. The lowest BCUT2D eigenvalue weighted by Gasteiger charge is -2.08. The van der Waals surface area contributed by atoms with Gasteiger partial charge < -0.3 is 5.73 Å². The van der Waals surface area contributed by atoms with Gasteiger partial charge in [0.05, 0.1) is 4.90 Å². The van der Waals surface area contributed by atoms with E-state index in [1.807, 2.05) is 31.2 Å². The Labute approximate surface area is 133 Å². The van der Waals surface area contributed by atoms with E-state index in [9.17, 15) is 8.42 Å². The Kier molecular flexibility index (Phi) is 5.03. The lowest BCUT2D eigenvalue weighted by Crippen LogP contribution is -2.26. The number of nitrogen functional groups attached to an aromatic ring is 1. The number of aryl methyl sites for hydroxylation is 1. The van der Waals surface area contributed by atoms with Crippen LogP contribution in [0.3, 0.4) is 0 Å². The molecule has 0 aliphatic heterocycles. The molecule has 0 saturated carbocycles. The number of sulfonamides is 1. The van der Waals surface area contributed by atoms with Crippen molar-refractivity contribution in [2.75, 3.05) is 12.3 Å². The van der Waals surface area contributed by atoms with Gasteiger partial charge in [-0.05, 0) is 54.8 Å². The number of hydrogen-bond donors (Lipinski definition) is 2.